The SMILES string of the molecule is COc1cccc(C(=O)NC(=O)c2ccnc([N+](=O)[O-])c2)c1OC. The maximum Gasteiger partial charge on any atom is 0.364 e. The number of ether oxygens (including phenoxy) is 2. The molecule has 124 valence electrons. The molecule has 9 nitrogen and oxygen atoms in total. The highest BCUT2D eigenvalue weighted by Gasteiger charge is 2.20. The van der Waals surface area contributed by atoms with E-state index in [0.29, 0.717) is 5.75 Å². The van der Waals surface area contributed by atoms with E-state index in [2.05, 4.69) is 10.3 Å². The molecule has 2 rings (SSSR count). The van der Waals surface area contributed by atoms with Crippen molar-refractivity contribution in [3.63, 3.8) is 0 Å². The Hall–Kier alpha value is -3.49. The highest BCUT2D eigenvalue weighted by molar-refractivity contribution is 6.11. The topological polar surface area (TPSA) is 121 Å². The van der Waals surface area contributed by atoms with Crippen LogP contribution in [0.3, 0.4) is 0 Å². The van der Waals surface area contributed by atoms with E-state index >= 15 is 0 Å². The summed E-state index contributed by atoms with van der Waals surface area (Å²) in [6.07, 6.45) is 1.11. The fourth-order valence-electron chi connectivity index (χ4n) is 1.97. The number of carbonyl (C=O) groups excluding carboxylic acids is 2. The van der Waals surface area contributed by atoms with Gasteiger partial charge in [0.25, 0.3) is 11.8 Å². The second kappa shape index (κ2) is 7.18. The normalized spacial score (nSPS) is 9.92. The molecular weight excluding hydrogens is 318 g/mol. The van der Waals surface area contributed by atoms with Crippen molar-refractivity contribution in [1.82, 2.24) is 10.3 Å². The summed E-state index contributed by atoms with van der Waals surface area (Å²) in [7, 11) is 2.78. The van der Waals surface area contributed by atoms with Gasteiger partial charge in [-0.25, -0.2) is 0 Å². The van der Waals surface area contributed by atoms with Gasteiger partial charge in [-0.1, -0.05) is 6.07 Å². The van der Waals surface area contributed by atoms with Crippen LogP contribution in [0.4, 0.5) is 5.82 Å². The van der Waals surface area contributed by atoms with E-state index in [1.807, 2.05) is 0 Å². The van der Waals surface area contributed by atoms with Gasteiger partial charge in [0.15, 0.2) is 11.5 Å². The molecule has 1 N–H and O–H groups in total. The minimum absolute atomic E-state index is 0.0630. The lowest BCUT2D eigenvalue weighted by atomic mass is 10.1. The lowest BCUT2D eigenvalue weighted by Crippen LogP contribution is -2.30. The van der Waals surface area contributed by atoms with Crippen LogP contribution in [0.2, 0.25) is 0 Å². The molecular formula is C15H13N3O6. The van der Waals surface area contributed by atoms with Crippen LogP contribution < -0.4 is 14.8 Å². The third-order valence-electron chi connectivity index (χ3n) is 3.07. The standard InChI is InChI=1S/C15H13N3O6/c1-23-11-5-3-4-10(13(11)24-2)15(20)17-14(19)9-6-7-16-12(8-9)18(21)22/h3-8H,1-2H3,(H,17,19,20). The number of imide groups is 1. The van der Waals surface area contributed by atoms with Crippen LogP contribution in [0.1, 0.15) is 20.7 Å². The molecule has 0 fully saturated rings. The number of hydrogen-bond acceptors (Lipinski definition) is 7. The van der Waals surface area contributed by atoms with E-state index in [9.17, 15) is 19.7 Å². The number of hydrogen-bond donors (Lipinski definition) is 1. The molecule has 24 heavy (non-hydrogen) atoms. The fourth-order valence-corrected chi connectivity index (χ4v) is 1.97. The molecule has 1 heterocycles. The first-order valence-corrected chi connectivity index (χ1v) is 6.65. The Bertz CT molecular complexity index is 806. The maximum absolute atomic E-state index is 12.3. The summed E-state index contributed by atoms with van der Waals surface area (Å²) in [6.45, 7) is 0. The number of rotatable bonds is 5. The number of pyridine rings is 1. The third-order valence-corrected chi connectivity index (χ3v) is 3.07. The van der Waals surface area contributed by atoms with Crippen LogP contribution in [-0.2, 0) is 0 Å². The Balaban J connectivity index is 2.25. The van der Waals surface area contributed by atoms with Gasteiger partial charge in [0, 0.05) is 6.07 Å². The van der Waals surface area contributed by atoms with Gasteiger partial charge in [-0.2, -0.15) is 0 Å². The van der Waals surface area contributed by atoms with Gasteiger partial charge in [-0.15, -0.1) is 0 Å². The minimum atomic E-state index is -0.796. The van der Waals surface area contributed by atoms with E-state index in [1.54, 1.807) is 12.1 Å². The quantitative estimate of drug-likeness (QED) is 0.501. The van der Waals surface area contributed by atoms with Crippen LogP contribution >= 0.6 is 0 Å². The predicted molar refractivity (Wildman–Crippen MR) is 82.2 cm³/mol. The second-order valence-electron chi connectivity index (χ2n) is 4.48. The fraction of sp³-hybridized carbons (Fsp3) is 0.133. The van der Waals surface area contributed by atoms with E-state index in [4.69, 9.17) is 9.47 Å². The molecule has 2 amide bonds. The Morgan fingerprint density at radius 1 is 1.17 bits per heavy atom. The smallest absolute Gasteiger partial charge is 0.364 e. The van der Waals surface area contributed by atoms with E-state index in [0.717, 1.165) is 12.3 Å². The Kier molecular flexibility index (Phi) is 5.05. The van der Waals surface area contributed by atoms with Crippen molar-refractivity contribution >= 4 is 17.6 Å². The Morgan fingerprint density at radius 3 is 2.54 bits per heavy atom. The molecule has 0 spiro atoms. The molecule has 2 aromatic rings. The van der Waals surface area contributed by atoms with E-state index in [1.165, 1.54) is 26.4 Å². The molecule has 0 saturated heterocycles. The van der Waals surface area contributed by atoms with Gasteiger partial charge in [-0.3, -0.25) is 14.9 Å². The minimum Gasteiger partial charge on any atom is -0.493 e. The van der Waals surface area contributed by atoms with E-state index in [-0.39, 0.29) is 16.9 Å². The van der Waals surface area contributed by atoms with Gasteiger partial charge in [0.1, 0.15) is 6.20 Å². The van der Waals surface area contributed by atoms with Gasteiger partial charge < -0.3 is 19.6 Å². The number of amides is 2. The molecule has 0 aliphatic rings. The molecule has 0 radical (unpaired) electrons. The van der Waals surface area contributed by atoms with Crippen molar-refractivity contribution in [2.24, 2.45) is 0 Å². The van der Waals surface area contributed by atoms with Crippen LogP contribution in [0.25, 0.3) is 0 Å². The zero-order valence-electron chi connectivity index (χ0n) is 12.8. The number of nitrogens with one attached hydrogen (secondary N) is 1. The van der Waals surface area contributed by atoms with E-state index < -0.39 is 22.6 Å². The molecule has 0 aliphatic carbocycles. The van der Waals surface area contributed by atoms with Crippen molar-refractivity contribution in [1.29, 1.82) is 0 Å². The van der Waals surface area contributed by atoms with Gasteiger partial charge in [0.05, 0.1) is 25.3 Å². The number of nitrogens with zero attached hydrogens (tertiary/aromatic N) is 2. The summed E-state index contributed by atoms with van der Waals surface area (Å²) in [5, 5.41) is 12.8. The third kappa shape index (κ3) is 3.46. The zero-order valence-corrected chi connectivity index (χ0v) is 12.8. The molecule has 0 bridgehead atoms. The number of carbonyl (C=O) groups is 2. The molecule has 0 saturated carbocycles. The van der Waals surface area contributed by atoms with Crippen LogP contribution in [0, 0.1) is 10.1 Å². The second-order valence-corrected chi connectivity index (χ2v) is 4.48. The van der Waals surface area contributed by atoms with Crippen molar-refractivity contribution in [3.8, 4) is 11.5 Å². The number of nitro groups is 1. The Labute approximate surface area is 136 Å². The summed E-state index contributed by atoms with van der Waals surface area (Å²) >= 11 is 0. The lowest BCUT2D eigenvalue weighted by Gasteiger charge is -2.12. The average molecular weight is 331 g/mol. The highest BCUT2D eigenvalue weighted by atomic mass is 16.6. The van der Waals surface area contributed by atoms with Gasteiger partial charge >= 0.3 is 5.82 Å². The molecule has 9 heteroatoms. The zero-order chi connectivity index (χ0) is 17.7. The largest absolute Gasteiger partial charge is 0.493 e. The molecule has 0 aliphatic heterocycles. The first-order valence-electron chi connectivity index (χ1n) is 6.65. The van der Waals surface area contributed by atoms with Crippen molar-refractivity contribution in [3.05, 3.63) is 57.8 Å². The van der Waals surface area contributed by atoms with Crippen LogP contribution in [-0.4, -0.2) is 35.9 Å². The summed E-state index contributed by atoms with van der Waals surface area (Å²) in [5.74, 6) is -1.51. The number of benzene rings is 1. The maximum atomic E-state index is 12.3. The van der Waals surface area contributed by atoms with Crippen molar-refractivity contribution in [2.45, 2.75) is 0 Å². The number of methoxy groups -OCH3 is 2. The summed E-state index contributed by atoms with van der Waals surface area (Å²) in [6, 6.07) is 6.87. The summed E-state index contributed by atoms with van der Waals surface area (Å²) in [4.78, 5) is 37.8. The number of para-hydroxylation sites is 1. The molecule has 0 unspecified atom stereocenters. The summed E-state index contributed by atoms with van der Waals surface area (Å²) < 4.78 is 10.2. The predicted octanol–water partition coefficient (Wildman–Crippen LogP) is 1.58. The monoisotopic (exact) mass is 331 g/mol. The number of aromatic nitrogens is 1. The highest BCUT2D eigenvalue weighted by Crippen LogP contribution is 2.30. The van der Waals surface area contributed by atoms with Crippen LogP contribution in [0.5, 0.6) is 11.5 Å². The lowest BCUT2D eigenvalue weighted by molar-refractivity contribution is -0.389. The molecule has 1 aromatic carbocycles. The average Bonchev–Trinajstić information content (AvgIpc) is 2.60. The molecule has 1 aromatic heterocycles. The van der Waals surface area contributed by atoms with Crippen molar-refractivity contribution < 1.29 is 24.0 Å². The Morgan fingerprint density at radius 2 is 1.92 bits per heavy atom. The van der Waals surface area contributed by atoms with Crippen molar-refractivity contribution in [2.75, 3.05) is 14.2 Å². The first kappa shape index (κ1) is 16.9. The van der Waals surface area contributed by atoms with Gasteiger partial charge in [-0.05, 0) is 28.1 Å². The molecule has 0 atom stereocenters. The summed E-state index contributed by atoms with van der Waals surface area (Å²) in [5.41, 5.74) is 0.0284. The van der Waals surface area contributed by atoms with Gasteiger partial charge in [0.2, 0.25) is 0 Å². The first-order chi connectivity index (χ1) is 11.5. The van der Waals surface area contributed by atoms with Crippen LogP contribution in [0.15, 0.2) is 36.5 Å².